The normalized spacial score (nSPS) is 12.3. The van der Waals surface area contributed by atoms with E-state index in [1.165, 1.54) is 12.3 Å². The molecular formula is C14H21BrN2O2. The SMILES string of the molecule is CC(C)(C)CC(C)(C)NC(=O)c1cc(Br)ncc1O. The maximum absolute atomic E-state index is 12.2. The average molecular weight is 329 g/mol. The van der Waals surface area contributed by atoms with Crippen LogP contribution in [0.4, 0.5) is 0 Å². The van der Waals surface area contributed by atoms with Crippen molar-refractivity contribution in [3.63, 3.8) is 0 Å². The molecule has 1 aromatic rings. The minimum absolute atomic E-state index is 0.109. The van der Waals surface area contributed by atoms with Gasteiger partial charge in [-0.05, 0) is 47.7 Å². The van der Waals surface area contributed by atoms with E-state index in [0.29, 0.717) is 4.60 Å². The van der Waals surface area contributed by atoms with Crippen LogP contribution in [0.3, 0.4) is 0 Å². The third-order valence-electron chi connectivity index (χ3n) is 2.52. The van der Waals surface area contributed by atoms with Crippen LogP contribution in [0.1, 0.15) is 51.4 Å². The van der Waals surface area contributed by atoms with E-state index in [4.69, 9.17) is 0 Å². The number of hydrogen-bond acceptors (Lipinski definition) is 3. The topological polar surface area (TPSA) is 62.2 Å². The number of aromatic hydroxyl groups is 1. The van der Waals surface area contributed by atoms with Crippen LogP contribution in [0.5, 0.6) is 5.75 Å². The van der Waals surface area contributed by atoms with Crippen molar-refractivity contribution in [1.29, 1.82) is 0 Å². The smallest absolute Gasteiger partial charge is 0.255 e. The first kappa shape index (κ1) is 16.0. The van der Waals surface area contributed by atoms with Gasteiger partial charge < -0.3 is 10.4 Å². The average Bonchev–Trinajstić information content (AvgIpc) is 2.16. The van der Waals surface area contributed by atoms with Crippen LogP contribution in [0.15, 0.2) is 16.9 Å². The number of nitrogens with one attached hydrogen (secondary N) is 1. The van der Waals surface area contributed by atoms with E-state index in [9.17, 15) is 9.90 Å². The highest BCUT2D eigenvalue weighted by Crippen LogP contribution is 2.28. The third kappa shape index (κ3) is 5.19. The number of amides is 1. The lowest BCUT2D eigenvalue weighted by Gasteiger charge is -2.33. The number of rotatable bonds is 3. The summed E-state index contributed by atoms with van der Waals surface area (Å²) < 4.78 is 0.518. The highest BCUT2D eigenvalue weighted by Gasteiger charge is 2.28. The summed E-state index contributed by atoms with van der Waals surface area (Å²) in [5.74, 6) is -0.415. The van der Waals surface area contributed by atoms with Gasteiger partial charge in [-0.3, -0.25) is 4.79 Å². The van der Waals surface area contributed by atoms with Gasteiger partial charge in [0.05, 0.1) is 11.8 Å². The molecule has 2 N–H and O–H groups in total. The van der Waals surface area contributed by atoms with Crippen LogP contribution >= 0.6 is 15.9 Å². The lowest BCUT2D eigenvalue weighted by atomic mass is 9.81. The van der Waals surface area contributed by atoms with Gasteiger partial charge in [0.25, 0.3) is 5.91 Å². The van der Waals surface area contributed by atoms with Crippen LogP contribution < -0.4 is 5.32 Å². The number of carbonyl (C=O) groups is 1. The molecule has 0 radical (unpaired) electrons. The lowest BCUT2D eigenvalue weighted by molar-refractivity contribution is 0.0888. The van der Waals surface area contributed by atoms with Gasteiger partial charge in [0.2, 0.25) is 0 Å². The van der Waals surface area contributed by atoms with E-state index >= 15 is 0 Å². The lowest BCUT2D eigenvalue weighted by Crippen LogP contribution is -2.45. The van der Waals surface area contributed by atoms with Crippen LogP contribution in [0.25, 0.3) is 0 Å². The van der Waals surface area contributed by atoms with E-state index in [0.717, 1.165) is 6.42 Å². The highest BCUT2D eigenvalue weighted by atomic mass is 79.9. The maximum Gasteiger partial charge on any atom is 0.255 e. The molecule has 0 unspecified atom stereocenters. The van der Waals surface area contributed by atoms with E-state index < -0.39 is 0 Å². The fraction of sp³-hybridized carbons (Fsp3) is 0.571. The van der Waals surface area contributed by atoms with Crippen LogP contribution in [0, 0.1) is 5.41 Å². The zero-order valence-corrected chi connectivity index (χ0v) is 13.6. The van der Waals surface area contributed by atoms with Crippen molar-refractivity contribution in [2.24, 2.45) is 5.41 Å². The Balaban J connectivity index is 2.87. The van der Waals surface area contributed by atoms with Gasteiger partial charge in [-0.1, -0.05) is 20.8 Å². The summed E-state index contributed by atoms with van der Waals surface area (Å²) in [7, 11) is 0. The third-order valence-corrected chi connectivity index (χ3v) is 2.95. The van der Waals surface area contributed by atoms with Crippen molar-refractivity contribution in [3.05, 3.63) is 22.4 Å². The maximum atomic E-state index is 12.2. The molecule has 0 aliphatic rings. The number of hydrogen-bond donors (Lipinski definition) is 2. The zero-order valence-electron chi connectivity index (χ0n) is 12.0. The number of pyridine rings is 1. The molecule has 1 amide bonds. The minimum atomic E-state index is -0.350. The first-order valence-electron chi connectivity index (χ1n) is 6.17. The number of aromatic nitrogens is 1. The molecule has 0 saturated carbocycles. The van der Waals surface area contributed by atoms with Crippen LogP contribution in [-0.2, 0) is 0 Å². The molecule has 4 nitrogen and oxygen atoms in total. The van der Waals surface area contributed by atoms with Crippen molar-refractivity contribution < 1.29 is 9.90 Å². The Morgan fingerprint density at radius 3 is 2.47 bits per heavy atom. The molecule has 1 heterocycles. The van der Waals surface area contributed by atoms with Gasteiger partial charge in [-0.2, -0.15) is 0 Å². The fourth-order valence-electron chi connectivity index (χ4n) is 2.35. The van der Waals surface area contributed by atoms with Gasteiger partial charge in [0.15, 0.2) is 0 Å². The monoisotopic (exact) mass is 328 g/mol. The predicted molar refractivity (Wildman–Crippen MR) is 79.2 cm³/mol. The van der Waals surface area contributed by atoms with Crippen molar-refractivity contribution in [3.8, 4) is 5.75 Å². The Labute approximate surface area is 122 Å². The van der Waals surface area contributed by atoms with Gasteiger partial charge in [-0.25, -0.2) is 4.98 Å². The van der Waals surface area contributed by atoms with Crippen molar-refractivity contribution >= 4 is 21.8 Å². The summed E-state index contributed by atoms with van der Waals surface area (Å²) in [5.41, 5.74) is -0.0151. The van der Waals surface area contributed by atoms with Crippen LogP contribution in [-0.4, -0.2) is 21.5 Å². The molecule has 0 bridgehead atoms. The summed E-state index contributed by atoms with van der Waals surface area (Å²) in [4.78, 5) is 16.1. The van der Waals surface area contributed by atoms with E-state index in [-0.39, 0.29) is 28.2 Å². The molecule has 19 heavy (non-hydrogen) atoms. The Hall–Kier alpha value is -1.10. The zero-order chi connectivity index (χ0) is 14.8. The number of nitrogens with zero attached hydrogens (tertiary/aromatic N) is 1. The summed E-state index contributed by atoms with van der Waals surface area (Å²) in [6.45, 7) is 10.3. The molecule has 0 aromatic carbocycles. The second kappa shape index (κ2) is 5.49. The second-order valence-corrected chi connectivity index (χ2v) is 7.41. The van der Waals surface area contributed by atoms with E-state index in [2.05, 4.69) is 47.0 Å². The first-order chi connectivity index (χ1) is 8.50. The molecule has 1 aromatic heterocycles. The molecule has 0 saturated heterocycles. The molecule has 0 fully saturated rings. The first-order valence-corrected chi connectivity index (χ1v) is 6.96. The molecule has 5 heteroatoms. The van der Waals surface area contributed by atoms with Gasteiger partial charge in [-0.15, -0.1) is 0 Å². The Bertz CT molecular complexity index is 479. The quantitative estimate of drug-likeness (QED) is 0.835. The second-order valence-electron chi connectivity index (χ2n) is 6.60. The van der Waals surface area contributed by atoms with Crippen molar-refractivity contribution in [2.45, 2.75) is 46.6 Å². The predicted octanol–water partition coefficient (Wildman–Crippen LogP) is 3.49. The number of halogens is 1. The molecule has 0 aliphatic carbocycles. The molecule has 0 spiro atoms. The van der Waals surface area contributed by atoms with Crippen molar-refractivity contribution in [2.75, 3.05) is 0 Å². The van der Waals surface area contributed by atoms with Crippen LogP contribution in [0.2, 0.25) is 0 Å². The van der Waals surface area contributed by atoms with Gasteiger partial charge in [0.1, 0.15) is 10.4 Å². The molecule has 1 rings (SSSR count). The summed E-state index contributed by atoms with van der Waals surface area (Å²) in [6.07, 6.45) is 2.09. The van der Waals surface area contributed by atoms with E-state index in [1.54, 1.807) is 0 Å². The van der Waals surface area contributed by atoms with Gasteiger partial charge in [0, 0.05) is 5.54 Å². The molecule has 0 atom stereocenters. The Morgan fingerprint density at radius 1 is 1.37 bits per heavy atom. The molecule has 0 aliphatic heterocycles. The minimum Gasteiger partial charge on any atom is -0.505 e. The summed E-state index contributed by atoms with van der Waals surface area (Å²) in [6, 6.07) is 1.51. The van der Waals surface area contributed by atoms with Gasteiger partial charge >= 0.3 is 0 Å². The van der Waals surface area contributed by atoms with E-state index in [1.807, 2.05) is 13.8 Å². The highest BCUT2D eigenvalue weighted by molar-refractivity contribution is 9.10. The van der Waals surface area contributed by atoms with Crippen molar-refractivity contribution in [1.82, 2.24) is 10.3 Å². The molecular weight excluding hydrogens is 308 g/mol. The number of carbonyl (C=O) groups excluding carboxylic acids is 1. The fourth-order valence-corrected chi connectivity index (χ4v) is 2.68. The Kier molecular flexibility index (Phi) is 4.61. The summed E-state index contributed by atoms with van der Waals surface area (Å²) >= 11 is 3.19. The summed E-state index contributed by atoms with van der Waals surface area (Å²) in [5, 5.41) is 12.6. The largest absolute Gasteiger partial charge is 0.505 e. The standard InChI is InChI=1S/C14H21BrN2O2/c1-13(2,3)8-14(4,5)17-12(19)9-6-11(15)16-7-10(9)18/h6-7,18H,8H2,1-5H3,(H,17,19). The Morgan fingerprint density at radius 2 is 1.95 bits per heavy atom. The molecule has 106 valence electrons.